The molecular formula is C17H22N2O4S3. The van der Waals surface area contributed by atoms with Crippen molar-refractivity contribution in [3.63, 3.8) is 0 Å². The van der Waals surface area contributed by atoms with Crippen LogP contribution in [0.25, 0.3) is 0 Å². The van der Waals surface area contributed by atoms with Gasteiger partial charge in [0.2, 0.25) is 10.0 Å². The van der Waals surface area contributed by atoms with Gasteiger partial charge < -0.3 is 0 Å². The Morgan fingerprint density at radius 1 is 0.846 bits per heavy atom. The van der Waals surface area contributed by atoms with E-state index in [4.69, 9.17) is 0 Å². The van der Waals surface area contributed by atoms with E-state index in [0.29, 0.717) is 18.8 Å². The second kappa shape index (κ2) is 8.43. The minimum Gasteiger partial charge on any atom is -0.280 e. The first-order chi connectivity index (χ1) is 12.2. The Morgan fingerprint density at radius 2 is 1.35 bits per heavy atom. The largest absolute Gasteiger partial charge is 0.280 e. The van der Waals surface area contributed by atoms with E-state index in [2.05, 4.69) is 4.72 Å². The predicted octanol–water partition coefficient (Wildman–Crippen LogP) is 3.24. The van der Waals surface area contributed by atoms with E-state index in [1.54, 1.807) is 37.7 Å². The molecule has 0 atom stereocenters. The second-order valence-corrected chi connectivity index (χ2v) is 9.89. The van der Waals surface area contributed by atoms with E-state index in [9.17, 15) is 16.8 Å². The molecular weight excluding hydrogens is 392 g/mol. The van der Waals surface area contributed by atoms with E-state index in [1.165, 1.54) is 28.6 Å². The third-order valence-electron chi connectivity index (χ3n) is 3.82. The maximum atomic E-state index is 12.5. The molecule has 9 heteroatoms. The Bertz CT molecular complexity index is 935. The average Bonchev–Trinajstić information content (AvgIpc) is 2.63. The summed E-state index contributed by atoms with van der Waals surface area (Å²) in [4.78, 5) is 1.10. The van der Waals surface area contributed by atoms with Crippen molar-refractivity contribution >= 4 is 37.5 Å². The molecule has 0 aliphatic rings. The monoisotopic (exact) mass is 414 g/mol. The number of hydrogen-bond acceptors (Lipinski definition) is 5. The smallest absolute Gasteiger partial charge is 0.261 e. The van der Waals surface area contributed by atoms with Crippen LogP contribution >= 0.6 is 11.8 Å². The molecule has 0 saturated carbocycles. The molecule has 6 nitrogen and oxygen atoms in total. The summed E-state index contributed by atoms with van der Waals surface area (Å²) < 4.78 is 53.7. The van der Waals surface area contributed by atoms with Crippen LogP contribution in [-0.2, 0) is 20.0 Å². The van der Waals surface area contributed by atoms with Crippen LogP contribution in [0.15, 0.2) is 63.2 Å². The zero-order valence-electron chi connectivity index (χ0n) is 14.8. The molecule has 1 N–H and O–H groups in total. The van der Waals surface area contributed by atoms with E-state index in [1.807, 2.05) is 18.4 Å². The van der Waals surface area contributed by atoms with Crippen molar-refractivity contribution < 1.29 is 16.8 Å². The molecule has 26 heavy (non-hydrogen) atoms. The number of hydrogen-bond donors (Lipinski definition) is 1. The molecule has 0 unspecified atom stereocenters. The summed E-state index contributed by atoms with van der Waals surface area (Å²) in [5.74, 6) is 0. The summed E-state index contributed by atoms with van der Waals surface area (Å²) in [6.45, 7) is 4.22. The maximum Gasteiger partial charge on any atom is 0.261 e. The number of nitrogens with one attached hydrogen (secondary N) is 1. The molecule has 0 amide bonds. The van der Waals surface area contributed by atoms with Crippen LogP contribution in [-0.4, -0.2) is 40.5 Å². The van der Waals surface area contributed by atoms with Crippen LogP contribution < -0.4 is 4.72 Å². The summed E-state index contributed by atoms with van der Waals surface area (Å²) in [6.07, 6.45) is 1.94. The zero-order valence-corrected chi connectivity index (χ0v) is 17.3. The molecule has 0 saturated heterocycles. The van der Waals surface area contributed by atoms with Gasteiger partial charge in [0.1, 0.15) is 0 Å². The fourth-order valence-corrected chi connectivity index (χ4v) is 5.30. The SMILES string of the molecule is CCN(CC)S(=O)(=O)c1ccc(S(=O)(=O)Nc2ccc(SC)cc2)cc1. The van der Waals surface area contributed by atoms with E-state index in [-0.39, 0.29) is 9.79 Å². The molecule has 0 aromatic heterocycles. The number of anilines is 1. The highest BCUT2D eigenvalue weighted by molar-refractivity contribution is 7.98. The highest BCUT2D eigenvalue weighted by Crippen LogP contribution is 2.22. The number of sulfonamides is 2. The molecule has 0 fully saturated rings. The highest BCUT2D eigenvalue weighted by Gasteiger charge is 2.22. The van der Waals surface area contributed by atoms with Crippen LogP contribution in [0, 0.1) is 0 Å². The Morgan fingerprint density at radius 3 is 1.81 bits per heavy atom. The molecule has 2 rings (SSSR count). The van der Waals surface area contributed by atoms with Gasteiger partial charge in [0, 0.05) is 23.7 Å². The molecule has 0 spiro atoms. The second-order valence-electron chi connectivity index (χ2n) is 5.39. The van der Waals surface area contributed by atoms with E-state index in [0.717, 1.165) is 4.90 Å². The molecule has 142 valence electrons. The first kappa shape index (κ1) is 20.8. The lowest BCUT2D eigenvalue weighted by Gasteiger charge is -2.18. The summed E-state index contributed by atoms with van der Waals surface area (Å²) in [6, 6.07) is 12.2. The van der Waals surface area contributed by atoms with Crippen molar-refractivity contribution in [2.45, 2.75) is 28.5 Å². The Labute approximate surface area is 159 Å². The van der Waals surface area contributed by atoms with Gasteiger partial charge in [-0.2, -0.15) is 4.31 Å². The van der Waals surface area contributed by atoms with Crippen molar-refractivity contribution in [2.24, 2.45) is 0 Å². The molecule has 0 aliphatic heterocycles. The predicted molar refractivity (Wildman–Crippen MR) is 106 cm³/mol. The van der Waals surface area contributed by atoms with Gasteiger partial charge in [0.25, 0.3) is 10.0 Å². The van der Waals surface area contributed by atoms with Gasteiger partial charge in [-0.15, -0.1) is 11.8 Å². The molecule has 2 aromatic rings. The van der Waals surface area contributed by atoms with Crippen LogP contribution in [0.4, 0.5) is 5.69 Å². The van der Waals surface area contributed by atoms with Crippen LogP contribution in [0.3, 0.4) is 0 Å². The normalized spacial score (nSPS) is 12.3. The fraction of sp³-hybridized carbons (Fsp3) is 0.294. The molecule has 0 heterocycles. The van der Waals surface area contributed by atoms with Crippen molar-refractivity contribution in [3.05, 3.63) is 48.5 Å². The molecule has 0 radical (unpaired) electrons. The molecule has 0 bridgehead atoms. The van der Waals surface area contributed by atoms with Gasteiger partial charge in [0.15, 0.2) is 0 Å². The highest BCUT2D eigenvalue weighted by atomic mass is 32.2. The third kappa shape index (κ3) is 4.59. The third-order valence-corrected chi connectivity index (χ3v) is 8.02. The standard InChI is InChI=1S/C17H22N2O4S3/c1-4-19(5-2)26(22,23)17-12-10-16(11-13-17)25(20,21)18-14-6-8-15(24-3)9-7-14/h6-13,18H,4-5H2,1-3H3. The lowest BCUT2D eigenvalue weighted by atomic mass is 10.3. The van der Waals surface area contributed by atoms with Gasteiger partial charge >= 0.3 is 0 Å². The van der Waals surface area contributed by atoms with Gasteiger partial charge in [-0.3, -0.25) is 4.72 Å². The van der Waals surface area contributed by atoms with Crippen molar-refractivity contribution in [3.8, 4) is 0 Å². The summed E-state index contributed by atoms with van der Waals surface area (Å²) in [7, 11) is -7.41. The van der Waals surface area contributed by atoms with E-state index >= 15 is 0 Å². The Balaban J connectivity index is 2.25. The average molecular weight is 415 g/mol. The summed E-state index contributed by atoms with van der Waals surface area (Å²) in [5, 5.41) is 0. The van der Waals surface area contributed by atoms with Crippen LogP contribution in [0.1, 0.15) is 13.8 Å². The Kier molecular flexibility index (Phi) is 6.73. The fourth-order valence-electron chi connectivity index (χ4n) is 2.38. The van der Waals surface area contributed by atoms with Crippen molar-refractivity contribution in [1.82, 2.24) is 4.31 Å². The lowest BCUT2D eigenvalue weighted by Crippen LogP contribution is -2.30. The topological polar surface area (TPSA) is 83.6 Å². The van der Waals surface area contributed by atoms with Crippen LogP contribution in [0.5, 0.6) is 0 Å². The van der Waals surface area contributed by atoms with Gasteiger partial charge in [-0.1, -0.05) is 13.8 Å². The number of thioether (sulfide) groups is 1. The number of nitrogens with zero attached hydrogens (tertiary/aromatic N) is 1. The summed E-state index contributed by atoms with van der Waals surface area (Å²) >= 11 is 1.56. The maximum absolute atomic E-state index is 12.5. The Hall–Kier alpha value is -1.55. The van der Waals surface area contributed by atoms with Crippen molar-refractivity contribution in [2.75, 3.05) is 24.1 Å². The van der Waals surface area contributed by atoms with Crippen LogP contribution in [0.2, 0.25) is 0 Å². The van der Waals surface area contributed by atoms with Gasteiger partial charge in [-0.05, 0) is 54.8 Å². The van der Waals surface area contributed by atoms with Gasteiger partial charge in [0.05, 0.1) is 9.79 Å². The quantitative estimate of drug-likeness (QED) is 0.671. The van der Waals surface area contributed by atoms with Crippen molar-refractivity contribution in [1.29, 1.82) is 0 Å². The first-order valence-electron chi connectivity index (χ1n) is 8.01. The summed E-state index contributed by atoms with van der Waals surface area (Å²) in [5.41, 5.74) is 0.447. The zero-order chi connectivity index (χ0) is 19.4. The molecule has 0 aliphatic carbocycles. The number of rotatable bonds is 8. The minimum absolute atomic E-state index is 0.00457. The first-order valence-corrected chi connectivity index (χ1v) is 12.2. The number of benzene rings is 2. The molecule has 2 aromatic carbocycles. The minimum atomic E-state index is -3.79. The van der Waals surface area contributed by atoms with Gasteiger partial charge in [-0.25, -0.2) is 16.8 Å². The van der Waals surface area contributed by atoms with E-state index < -0.39 is 20.0 Å². The lowest BCUT2D eigenvalue weighted by molar-refractivity contribution is 0.445.